The molecular weight excluding hydrogens is 544 g/mol. The molecule has 0 saturated heterocycles. The van der Waals surface area contributed by atoms with Crippen LogP contribution in [0.15, 0.2) is 164 Å². The summed E-state index contributed by atoms with van der Waals surface area (Å²) in [5.74, 6) is 0. The zero-order valence-corrected chi connectivity index (χ0v) is 24.1. The summed E-state index contributed by atoms with van der Waals surface area (Å²) in [6, 6.07) is 57.7. The van der Waals surface area contributed by atoms with Crippen LogP contribution in [0.2, 0.25) is 5.02 Å². The lowest BCUT2D eigenvalue weighted by Gasteiger charge is -2.26. The normalized spacial score (nSPS) is 11.4. The van der Waals surface area contributed by atoms with Gasteiger partial charge in [0.25, 0.3) is 0 Å². The smallest absolute Gasteiger partial charge is 0.0619 e. The summed E-state index contributed by atoms with van der Waals surface area (Å²) in [6.07, 6.45) is 0. The van der Waals surface area contributed by atoms with E-state index in [9.17, 15) is 0 Å². The number of fused-ring (bicyclic) bond motifs is 5. The van der Waals surface area contributed by atoms with Crippen molar-refractivity contribution in [1.82, 2.24) is 4.57 Å². The molecule has 2 nitrogen and oxygen atoms in total. The largest absolute Gasteiger partial charge is 0.310 e. The Morgan fingerprint density at radius 2 is 1.00 bits per heavy atom. The minimum absolute atomic E-state index is 0.695. The number of aromatic nitrogens is 1. The van der Waals surface area contributed by atoms with Crippen molar-refractivity contribution in [2.75, 3.05) is 4.90 Å². The molecule has 3 heteroatoms. The maximum atomic E-state index is 6.94. The summed E-state index contributed by atoms with van der Waals surface area (Å²) in [6.45, 7) is 0. The number of para-hydroxylation sites is 4. The number of nitrogens with zero attached hydrogens (tertiary/aromatic N) is 2. The summed E-state index contributed by atoms with van der Waals surface area (Å²) in [5.41, 5.74) is 8.95. The number of halogens is 1. The van der Waals surface area contributed by atoms with Gasteiger partial charge >= 0.3 is 0 Å². The second-order valence-corrected chi connectivity index (χ2v) is 11.2. The third-order valence-corrected chi connectivity index (χ3v) is 8.39. The van der Waals surface area contributed by atoms with E-state index in [0.717, 1.165) is 33.9 Å². The maximum absolute atomic E-state index is 6.94. The predicted octanol–water partition coefficient (Wildman–Crippen LogP) is 11.7. The van der Waals surface area contributed by atoms with E-state index in [0.29, 0.717) is 5.02 Å². The minimum Gasteiger partial charge on any atom is -0.310 e. The first-order valence-electron chi connectivity index (χ1n) is 14.5. The Hall–Kier alpha value is -5.31. The van der Waals surface area contributed by atoms with Crippen LogP contribution in [0.5, 0.6) is 0 Å². The molecule has 0 fully saturated rings. The van der Waals surface area contributed by atoms with E-state index in [2.05, 4.69) is 155 Å². The first kappa shape index (κ1) is 25.4. The second-order valence-electron chi connectivity index (χ2n) is 10.8. The topological polar surface area (TPSA) is 8.17 Å². The summed E-state index contributed by atoms with van der Waals surface area (Å²) >= 11 is 6.94. The van der Waals surface area contributed by atoms with Crippen LogP contribution < -0.4 is 4.90 Å². The summed E-state index contributed by atoms with van der Waals surface area (Å²) in [5, 5.41) is 5.54. The van der Waals surface area contributed by atoms with E-state index in [1.54, 1.807) is 0 Å². The Balaban J connectivity index is 1.42. The summed E-state index contributed by atoms with van der Waals surface area (Å²) in [7, 11) is 0. The molecule has 0 aliphatic heterocycles. The average molecular weight is 571 g/mol. The Morgan fingerprint density at radius 3 is 1.67 bits per heavy atom. The Bertz CT molecular complexity index is 2200. The lowest BCUT2D eigenvalue weighted by atomic mass is 9.94. The number of benzene rings is 7. The zero-order chi connectivity index (χ0) is 28.8. The molecule has 8 rings (SSSR count). The van der Waals surface area contributed by atoms with Crippen LogP contribution >= 0.6 is 11.6 Å². The average Bonchev–Trinajstić information content (AvgIpc) is 3.40. The molecule has 0 aliphatic rings. The van der Waals surface area contributed by atoms with Gasteiger partial charge in [-0.2, -0.15) is 0 Å². The van der Waals surface area contributed by atoms with Crippen LogP contribution in [-0.2, 0) is 0 Å². The first-order chi connectivity index (χ1) is 21.3. The quantitative estimate of drug-likeness (QED) is 0.200. The highest BCUT2D eigenvalue weighted by molar-refractivity contribution is 6.31. The zero-order valence-electron chi connectivity index (χ0n) is 23.4. The van der Waals surface area contributed by atoms with Gasteiger partial charge in [-0.15, -0.1) is 0 Å². The number of hydrogen-bond donors (Lipinski definition) is 0. The molecule has 0 aliphatic carbocycles. The van der Waals surface area contributed by atoms with Gasteiger partial charge in [0.05, 0.1) is 11.0 Å². The van der Waals surface area contributed by atoms with Crippen LogP contribution in [0.1, 0.15) is 0 Å². The molecule has 43 heavy (non-hydrogen) atoms. The van der Waals surface area contributed by atoms with Gasteiger partial charge in [-0.3, -0.25) is 0 Å². The molecular formula is C40H27ClN2. The van der Waals surface area contributed by atoms with Crippen molar-refractivity contribution in [1.29, 1.82) is 0 Å². The molecule has 0 atom stereocenters. The number of hydrogen-bond acceptors (Lipinski definition) is 1. The molecule has 0 unspecified atom stereocenters. The van der Waals surface area contributed by atoms with Crippen molar-refractivity contribution in [3.05, 3.63) is 169 Å². The Labute approximate surface area is 255 Å². The van der Waals surface area contributed by atoms with Gasteiger partial charge in [-0.05, 0) is 83.2 Å². The van der Waals surface area contributed by atoms with E-state index in [1.807, 2.05) is 18.2 Å². The third kappa shape index (κ3) is 4.35. The number of rotatable bonds is 5. The summed E-state index contributed by atoms with van der Waals surface area (Å²) < 4.78 is 2.40. The Morgan fingerprint density at radius 1 is 0.442 bits per heavy atom. The van der Waals surface area contributed by atoms with E-state index in [1.165, 1.54) is 32.6 Å². The molecule has 0 saturated carbocycles. The van der Waals surface area contributed by atoms with Crippen molar-refractivity contribution in [3.63, 3.8) is 0 Å². The van der Waals surface area contributed by atoms with E-state index in [4.69, 9.17) is 11.6 Å². The lowest BCUT2D eigenvalue weighted by molar-refractivity contribution is 1.19. The van der Waals surface area contributed by atoms with Gasteiger partial charge in [0.1, 0.15) is 0 Å². The van der Waals surface area contributed by atoms with Crippen LogP contribution in [-0.4, -0.2) is 4.57 Å². The molecule has 0 N–H and O–H groups in total. The van der Waals surface area contributed by atoms with Gasteiger partial charge in [-0.25, -0.2) is 0 Å². The molecule has 8 aromatic rings. The first-order valence-corrected chi connectivity index (χ1v) is 14.9. The summed E-state index contributed by atoms with van der Waals surface area (Å²) in [4.78, 5) is 2.26. The fourth-order valence-corrected chi connectivity index (χ4v) is 6.60. The highest BCUT2D eigenvalue weighted by Gasteiger charge is 2.19. The van der Waals surface area contributed by atoms with Crippen molar-refractivity contribution in [2.45, 2.75) is 0 Å². The van der Waals surface area contributed by atoms with Crippen molar-refractivity contribution in [2.24, 2.45) is 0 Å². The maximum Gasteiger partial charge on any atom is 0.0619 e. The SMILES string of the molecule is Clc1cc(-c2cc3c4ccccc4n(-c4ccccc4)c3c3ccccc23)cc(N(c2ccccc2)c2ccccc2)c1. The lowest BCUT2D eigenvalue weighted by Crippen LogP contribution is -2.09. The molecule has 0 bridgehead atoms. The van der Waals surface area contributed by atoms with Gasteiger partial charge < -0.3 is 9.47 Å². The molecule has 204 valence electrons. The van der Waals surface area contributed by atoms with Crippen LogP contribution in [0.4, 0.5) is 17.1 Å². The van der Waals surface area contributed by atoms with Crippen molar-refractivity contribution < 1.29 is 0 Å². The van der Waals surface area contributed by atoms with Crippen LogP contribution in [0.3, 0.4) is 0 Å². The highest BCUT2D eigenvalue weighted by Crippen LogP contribution is 2.44. The van der Waals surface area contributed by atoms with E-state index >= 15 is 0 Å². The molecule has 1 aromatic heterocycles. The minimum atomic E-state index is 0.695. The van der Waals surface area contributed by atoms with E-state index < -0.39 is 0 Å². The van der Waals surface area contributed by atoms with E-state index in [-0.39, 0.29) is 0 Å². The molecule has 1 heterocycles. The molecule has 0 amide bonds. The second kappa shape index (κ2) is 10.5. The standard InChI is InChI=1S/C40H27ClN2/c41-29-24-28(25-33(26-29)42(30-14-4-1-5-15-30)31-16-6-2-7-17-31)37-27-38-35-21-12-13-23-39(35)43(32-18-8-3-9-19-32)40(38)36-22-11-10-20-34(36)37/h1-27H. The van der Waals surface area contributed by atoms with Gasteiger partial charge in [0.2, 0.25) is 0 Å². The fraction of sp³-hybridized carbons (Fsp3) is 0. The molecule has 0 spiro atoms. The predicted molar refractivity (Wildman–Crippen MR) is 183 cm³/mol. The molecule has 7 aromatic carbocycles. The number of anilines is 3. The van der Waals surface area contributed by atoms with Crippen LogP contribution in [0.25, 0.3) is 49.4 Å². The monoisotopic (exact) mass is 570 g/mol. The Kier molecular flexibility index (Phi) is 6.21. The van der Waals surface area contributed by atoms with Gasteiger partial charge in [-0.1, -0.05) is 109 Å². The molecule has 0 radical (unpaired) electrons. The van der Waals surface area contributed by atoms with Gasteiger partial charge in [0.15, 0.2) is 0 Å². The highest BCUT2D eigenvalue weighted by atomic mass is 35.5. The van der Waals surface area contributed by atoms with Crippen LogP contribution in [0, 0.1) is 0 Å². The fourth-order valence-electron chi connectivity index (χ4n) is 6.37. The van der Waals surface area contributed by atoms with Gasteiger partial charge in [0, 0.05) is 43.9 Å². The van der Waals surface area contributed by atoms with Crippen molar-refractivity contribution in [3.8, 4) is 16.8 Å². The third-order valence-electron chi connectivity index (χ3n) is 8.17. The van der Waals surface area contributed by atoms with Crippen molar-refractivity contribution >= 4 is 61.2 Å².